The van der Waals surface area contributed by atoms with Crippen LogP contribution in [0.1, 0.15) is 43.5 Å². The summed E-state index contributed by atoms with van der Waals surface area (Å²) in [4.78, 5) is 43.0. The zero-order valence-corrected chi connectivity index (χ0v) is 24.3. The van der Waals surface area contributed by atoms with Crippen LogP contribution in [0, 0.1) is 17.0 Å². The number of aryl methyl sites for hydroxylation is 1. The fourth-order valence-electron chi connectivity index (χ4n) is 4.36. The third-order valence-corrected chi connectivity index (χ3v) is 7.67. The molecule has 0 unspecified atom stereocenters. The first-order valence-electron chi connectivity index (χ1n) is 12.1. The molecule has 1 aliphatic rings. The Hall–Kier alpha value is -3.77. The molecule has 0 N–H and O–H groups in total. The Balaban J connectivity index is 1.96. The van der Waals surface area contributed by atoms with E-state index in [1.165, 1.54) is 17.7 Å². The first-order chi connectivity index (χ1) is 18.6. The van der Waals surface area contributed by atoms with E-state index in [0.29, 0.717) is 54.3 Å². The molecule has 0 amide bonds. The number of aromatic nitrogens is 1. The molecule has 204 valence electrons. The largest absolute Gasteiger partial charge is 0.493 e. The van der Waals surface area contributed by atoms with E-state index in [9.17, 15) is 19.7 Å². The maximum atomic E-state index is 13.8. The zero-order chi connectivity index (χ0) is 28.4. The van der Waals surface area contributed by atoms with E-state index in [4.69, 9.17) is 14.2 Å². The van der Waals surface area contributed by atoms with Gasteiger partial charge in [0.1, 0.15) is 0 Å². The van der Waals surface area contributed by atoms with Gasteiger partial charge in [-0.25, -0.2) is 9.79 Å². The van der Waals surface area contributed by atoms with Crippen LogP contribution in [-0.2, 0) is 9.53 Å². The van der Waals surface area contributed by atoms with E-state index in [-0.39, 0.29) is 17.9 Å². The van der Waals surface area contributed by atoms with Crippen molar-refractivity contribution in [2.45, 2.75) is 33.7 Å². The van der Waals surface area contributed by atoms with Crippen molar-refractivity contribution >= 4 is 45.0 Å². The molecule has 2 heterocycles. The summed E-state index contributed by atoms with van der Waals surface area (Å²) in [5.74, 6) is 0.409. The molecule has 0 spiro atoms. The number of halogens is 1. The van der Waals surface area contributed by atoms with Gasteiger partial charge in [-0.1, -0.05) is 23.5 Å². The lowest BCUT2D eigenvalue weighted by molar-refractivity contribution is -0.385. The number of nitro benzene ring substituents is 1. The van der Waals surface area contributed by atoms with Crippen LogP contribution >= 0.6 is 27.3 Å². The third kappa shape index (κ3) is 5.39. The van der Waals surface area contributed by atoms with Crippen molar-refractivity contribution in [3.05, 3.63) is 92.6 Å². The lowest BCUT2D eigenvalue weighted by Gasteiger charge is -2.24. The second kappa shape index (κ2) is 11.5. The number of carbonyl (C=O) groups is 1. The summed E-state index contributed by atoms with van der Waals surface area (Å²) in [5.41, 5.74) is 1.56. The lowest BCUT2D eigenvalue weighted by Crippen LogP contribution is -2.40. The van der Waals surface area contributed by atoms with Gasteiger partial charge in [0, 0.05) is 11.6 Å². The number of hydrogen-bond acceptors (Lipinski definition) is 9. The number of fused-ring (bicyclic) bond motifs is 1. The summed E-state index contributed by atoms with van der Waals surface area (Å²) in [5, 5.41) is 11.7. The van der Waals surface area contributed by atoms with E-state index in [0.717, 1.165) is 11.3 Å². The molecule has 1 aliphatic heterocycles. The highest BCUT2D eigenvalue weighted by Gasteiger charge is 2.34. The molecule has 0 fully saturated rings. The molecule has 0 saturated carbocycles. The van der Waals surface area contributed by atoms with Crippen LogP contribution < -0.4 is 24.4 Å². The first kappa shape index (κ1) is 28.2. The van der Waals surface area contributed by atoms with Crippen molar-refractivity contribution in [2.75, 3.05) is 20.3 Å². The highest BCUT2D eigenvalue weighted by atomic mass is 79.9. The van der Waals surface area contributed by atoms with E-state index >= 15 is 0 Å². The first-order valence-corrected chi connectivity index (χ1v) is 13.7. The summed E-state index contributed by atoms with van der Waals surface area (Å²) < 4.78 is 18.8. The molecule has 12 heteroatoms. The predicted molar refractivity (Wildman–Crippen MR) is 150 cm³/mol. The Morgan fingerprint density at radius 1 is 1.23 bits per heavy atom. The predicted octanol–water partition coefficient (Wildman–Crippen LogP) is 4.18. The molecule has 0 saturated heterocycles. The van der Waals surface area contributed by atoms with Crippen molar-refractivity contribution in [3.63, 3.8) is 0 Å². The molecule has 2 aromatic carbocycles. The molecular formula is C27H26BrN3O7S. The number of hydrogen-bond donors (Lipinski definition) is 0. The molecule has 39 heavy (non-hydrogen) atoms. The molecule has 4 rings (SSSR count). The van der Waals surface area contributed by atoms with Gasteiger partial charge >= 0.3 is 5.97 Å². The monoisotopic (exact) mass is 615 g/mol. The summed E-state index contributed by atoms with van der Waals surface area (Å²) in [7, 11) is 1.53. The molecule has 1 aromatic heterocycles. The standard InChI is InChI=1S/C27H26BrN3O7S/c1-6-37-24-18(28)10-16(11-20(24)36-5)12-21-25(32)30-23(17-9-8-14(3)19(13-17)31(34)35)22(26(33)38-7-2)15(4)29-27(30)39-21/h8-13,23H,6-7H2,1-5H3/b21-12+/t23-/m1/s1. The summed E-state index contributed by atoms with van der Waals surface area (Å²) >= 11 is 4.66. The van der Waals surface area contributed by atoms with Crippen molar-refractivity contribution in [2.24, 2.45) is 4.99 Å². The SMILES string of the molecule is CCOC(=O)C1=C(C)N=c2s/c(=C/c3cc(Br)c(OCC)c(OC)c3)c(=O)n2[C@@H]1c1ccc(C)c([N+](=O)[O-])c1. The minimum absolute atomic E-state index is 0.112. The van der Waals surface area contributed by atoms with Crippen LogP contribution in [-0.4, -0.2) is 35.8 Å². The third-order valence-electron chi connectivity index (χ3n) is 6.10. The smallest absolute Gasteiger partial charge is 0.338 e. The number of methoxy groups -OCH3 is 1. The number of allylic oxidation sites excluding steroid dienone is 1. The fourth-order valence-corrected chi connectivity index (χ4v) is 5.98. The highest BCUT2D eigenvalue weighted by molar-refractivity contribution is 9.10. The van der Waals surface area contributed by atoms with Gasteiger partial charge in [-0.05, 0) is 73.0 Å². The number of esters is 1. The van der Waals surface area contributed by atoms with E-state index in [1.54, 1.807) is 45.0 Å². The van der Waals surface area contributed by atoms with Gasteiger partial charge in [-0.15, -0.1) is 0 Å². The maximum Gasteiger partial charge on any atom is 0.338 e. The van der Waals surface area contributed by atoms with Crippen molar-refractivity contribution in [1.29, 1.82) is 0 Å². The van der Waals surface area contributed by atoms with Gasteiger partial charge in [-0.2, -0.15) is 0 Å². The van der Waals surface area contributed by atoms with Gasteiger partial charge in [-0.3, -0.25) is 19.5 Å². The average Bonchev–Trinajstić information content (AvgIpc) is 3.19. The number of nitro groups is 1. The van der Waals surface area contributed by atoms with Gasteiger partial charge < -0.3 is 14.2 Å². The summed E-state index contributed by atoms with van der Waals surface area (Å²) in [6.45, 7) is 7.41. The van der Waals surface area contributed by atoms with Gasteiger partial charge in [0.2, 0.25) is 0 Å². The number of ether oxygens (including phenoxy) is 3. The van der Waals surface area contributed by atoms with Crippen LogP contribution in [0.25, 0.3) is 6.08 Å². The Labute approximate surface area is 236 Å². The summed E-state index contributed by atoms with van der Waals surface area (Å²) in [6.07, 6.45) is 1.70. The van der Waals surface area contributed by atoms with Crippen molar-refractivity contribution in [3.8, 4) is 11.5 Å². The zero-order valence-electron chi connectivity index (χ0n) is 21.9. The topological polar surface area (TPSA) is 122 Å². The molecule has 1 atom stereocenters. The van der Waals surface area contributed by atoms with E-state index in [2.05, 4.69) is 20.9 Å². The quantitative estimate of drug-likeness (QED) is 0.211. The van der Waals surface area contributed by atoms with E-state index < -0.39 is 22.5 Å². The lowest BCUT2D eigenvalue weighted by atomic mass is 9.94. The minimum Gasteiger partial charge on any atom is -0.493 e. The van der Waals surface area contributed by atoms with Crippen LogP contribution in [0.5, 0.6) is 11.5 Å². The Morgan fingerprint density at radius 2 is 1.97 bits per heavy atom. The van der Waals surface area contributed by atoms with Crippen LogP contribution in [0.2, 0.25) is 0 Å². The number of nitrogens with zero attached hydrogens (tertiary/aromatic N) is 3. The van der Waals surface area contributed by atoms with Gasteiger partial charge in [0.05, 0.1) is 51.6 Å². The fraction of sp³-hybridized carbons (Fsp3) is 0.296. The molecule has 0 aliphatic carbocycles. The normalized spacial score (nSPS) is 15.0. The second-order valence-corrected chi connectivity index (χ2v) is 10.4. The maximum absolute atomic E-state index is 13.8. The van der Waals surface area contributed by atoms with Gasteiger partial charge in [0.25, 0.3) is 11.2 Å². The highest BCUT2D eigenvalue weighted by Crippen LogP contribution is 2.37. The molecule has 0 radical (unpaired) electrons. The number of thiazole rings is 1. The second-order valence-electron chi connectivity index (χ2n) is 8.57. The molecule has 10 nitrogen and oxygen atoms in total. The number of benzene rings is 2. The Morgan fingerprint density at radius 3 is 2.62 bits per heavy atom. The number of rotatable bonds is 8. The number of carbonyl (C=O) groups excluding carboxylic acids is 1. The van der Waals surface area contributed by atoms with Crippen LogP contribution in [0.15, 0.2) is 55.9 Å². The minimum atomic E-state index is -0.955. The van der Waals surface area contributed by atoms with Crippen LogP contribution in [0.3, 0.4) is 0 Å². The molecular weight excluding hydrogens is 590 g/mol. The average molecular weight is 616 g/mol. The summed E-state index contributed by atoms with van der Waals surface area (Å²) in [6, 6.07) is 7.28. The van der Waals surface area contributed by atoms with Crippen molar-refractivity contribution < 1.29 is 23.9 Å². The van der Waals surface area contributed by atoms with Gasteiger partial charge in [0.15, 0.2) is 16.3 Å². The van der Waals surface area contributed by atoms with Crippen molar-refractivity contribution in [1.82, 2.24) is 4.57 Å². The van der Waals surface area contributed by atoms with Crippen LogP contribution in [0.4, 0.5) is 5.69 Å². The molecule has 3 aromatic rings. The van der Waals surface area contributed by atoms with E-state index in [1.807, 2.05) is 13.0 Å². The Bertz CT molecular complexity index is 1690. The Kier molecular flexibility index (Phi) is 8.36. The molecule has 0 bridgehead atoms.